The summed E-state index contributed by atoms with van der Waals surface area (Å²) in [6.45, 7) is 6.52. The Morgan fingerprint density at radius 3 is 2.78 bits per heavy atom. The van der Waals surface area contributed by atoms with Crippen LogP contribution >= 0.6 is 0 Å². The molecule has 6 nitrogen and oxygen atoms in total. The van der Waals surface area contributed by atoms with Crippen molar-refractivity contribution >= 4 is 16.9 Å². The van der Waals surface area contributed by atoms with Crippen LogP contribution in [-0.2, 0) is 6.54 Å². The number of nitrogens with zero attached hydrogens (tertiary/aromatic N) is 5. The zero-order valence-electron chi connectivity index (χ0n) is 13.4. The number of anilines is 1. The van der Waals surface area contributed by atoms with E-state index in [1.807, 2.05) is 29.8 Å². The average molecular weight is 306 g/mol. The molecule has 0 atom stereocenters. The number of nitrogens with two attached hydrogens (primary N) is 1. The van der Waals surface area contributed by atoms with Crippen molar-refractivity contribution in [2.24, 2.45) is 0 Å². The third-order valence-electron chi connectivity index (χ3n) is 3.79. The summed E-state index contributed by atoms with van der Waals surface area (Å²) in [5, 5.41) is 10.3. The van der Waals surface area contributed by atoms with Gasteiger partial charge in [-0.2, -0.15) is 5.26 Å². The van der Waals surface area contributed by atoms with Gasteiger partial charge in [-0.1, -0.05) is 19.9 Å². The first-order valence-electron chi connectivity index (χ1n) is 7.48. The first kappa shape index (κ1) is 15.0. The molecule has 0 aliphatic heterocycles. The van der Waals surface area contributed by atoms with Crippen LogP contribution in [0.15, 0.2) is 24.5 Å². The number of pyridine rings is 1. The third kappa shape index (κ3) is 2.61. The van der Waals surface area contributed by atoms with Gasteiger partial charge in [0.2, 0.25) is 0 Å². The Bertz CT molecular complexity index is 917. The van der Waals surface area contributed by atoms with E-state index in [1.165, 1.54) is 0 Å². The topological polar surface area (TPSA) is 93.4 Å². The van der Waals surface area contributed by atoms with Crippen molar-refractivity contribution in [3.05, 3.63) is 47.2 Å². The number of hydrogen-bond donors (Lipinski definition) is 1. The van der Waals surface area contributed by atoms with Crippen LogP contribution in [0.2, 0.25) is 0 Å². The Hall–Kier alpha value is -2.94. The van der Waals surface area contributed by atoms with Gasteiger partial charge in [0, 0.05) is 18.0 Å². The van der Waals surface area contributed by atoms with Gasteiger partial charge in [-0.3, -0.25) is 0 Å². The Labute approximate surface area is 134 Å². The maximum atomic E-state index is 9.49. The quantitative estimate of drug-likeness (QED) is 0.803. The monoisotopic (exact) mass is 306 g/mol. The van der Waals surface area contributed by atoms with Crippen LogP contribution in [0.25, 0.3) is 11.0 Å². The molecular weight excluding hydrogens is 288 g/mol. The van der Waals surface area contributed by atoms with Crippen molar-refractivity contribution in [1.29, 1.82) is 5.26 Å². The molecule has 0 spiro atoms. The molecule has 3 heterocycles. The maximum absolute atomic E-state index is 9.49. The highest BCUT2D eigenvalue weighted by Gasteiger charge is 2.18. The minimum absolute atomic E-state index is 0.214. The summed E-state index contributed by atoms with van der Waals surface area (Å²) >= 11 is 0. The van der Waals surface area contributed by atoms with Gasteiger partial charge in [0.05, 0.1) is 23.2 Å². The predicted octanol–water partition coefficient (Wildman–Crippen LogP) is 2.76. The third-order valence-corrected chi connectivity index (χ3v) is 3.79. The van der Waals surface area contributed by atoms with E-state index in [1.54, 1.807) is 6.20 Å². The Morgan fingerprint density at radius 1 is 1.35 bits per heavy atom. The van der Waals surface area contributed by atoms with E-state index in [2.05, 4.69) is 34.9 Å². The summed E-state index contributed by atoms with van der Waals surface area (Å²) < 4.78 is 1.95. The van der Waals surface area contributed by atoms with Gasteiger partial charge >= 0.3 is 0 Å². The summed E-state index contributed by atoms with van der Waals surface area (Å²) in [6.07, 6.45) is 3.48. The van der Waals surface area contributed by atoms with E-state index >= 15 is 0 Å². The molecule has 6 heteroatoms. The summed E-state index contributed by atoms with van der Waals surface area (Å²) in [7, 11) is 0. The van der Waals surface area contributed by atoms with Crippen molar-refractivity contribution in [2.45, 2.75) is 33.2 Å². The van der Waals surface area contributed by atoms with E-state index in [0.717, 1.165) is 22.3 Å². The number of rotatable bonds is 3. The van der Waals surface area contributed by atoms with E-state index < -0.39 is 0 Å². The van der Waals surface area contributed by atoms with Crippen LogP contribution < -0.4 is 5.73 Å². The second-order valence-electron chi connectivity index (χ2n) is 5.84. The van der Waals surface area contributed by atoms with Crippen molar-refractivity contribution in [3.8, 4) is 6.07 Å². The number of aryl methyl sites for hydroxylation is 1. The number of fused-ring (bicyclic) bond motifs is 1. The molecule has 0 aliphatic rings. The standard InChI is InChI=1S/C17H18N6/c1-10(2)15-14-13(7-18)9-23(17(14)22-11(3)21-15)8-12-5-4-6-20-16(12)19/h4-6,9-10H,8H2,1-3H3,(H2,19,20). The minimum atomic E-state index is 0.214. The zero-order chi connectivity index (χ0) is 16.6. The number of nitriles is 1. The molecular formula is C17H18N6. The normalized spacial score (nSPS) is 11.1. The molecule has 0 unspecified atom stereocenters. The fraction of sp³-hybridized carbons (Fsp3) is 0.294. The van der Waals surface area contributed by atoms with Gasteiger partial charge in [0.15, 0.2) is 0 Å². The second kappa shape index (κ2) is 5.69. The molecule has 3 rings (SSSR count). The van der Waals surface area contributed by atoms with Crippen molar-refractivity contribution < 1.29 is 0 Å². The van der Waals surface area contributed by atoms with Gasteiger partial charge in [-0.05, 0) is 18.9 Å². The number of hydrogen-bond acceptors (Lipinski definition) is 5. The lowest BCUT2D eigenvalue weighted by molar-refractivity contribution is 0.796. The SMILES string of the molecule is Cc1nc(C(C)C)c2c(C#N)cn(Cc3cccnc3N)c2n1. The molecule has 116 valence electrons. The molecule has 3 aromatic heterocycles. The van der Waals surface area contributed by atoms with Gasteiger partial charge < -0.3 is 10.3 Å². The van der Waals surface area contributed by atoms with E-state index in [0.29, 0.717) is 23.8 Å². The molecule has 0 radical (unpaired) electrons. The van der Waals surface area contributed by atoms with E-state index in [4.69, 9.17) is 5.73 Å². The summed E-state index contributed by atoms with van der Waals surface area (Å²) in [6, 6.07) is 6.04. The van der Waals surface area contributed by atoms with Crippen LogP contribution in [0.5, 0.6) is 0 Å². The molecule has 0 aromatic carbocycles. The smallest absolute Gasteiger partial charge is 0.145 e. The highest BCUT2D eigenvalue weighted by atomic mass is 15.1. The van der Waals surface area contributed by atoms with E-state index in [-0.39, 0.29) is 5.92 Å². The van der Waals surface area contributed by atoms with E-state index in [9.17, 15) is 5.26 Å². The van der Waals surface area contributed by atoms with Crippen LogP contribution in [0, 0.1) is 18.3 Å². The molecule has 0 saturated carbocycles. The molecule has 3 aromatic rings. The van der Waals surface area contributed by atoms with Gasteiger partial charge in [0.1, 0.15) is 23.4 Å². The molecule has 0 saturated heterocycles. The molecule has 0 bridgehead atoms. The first-order valence-corrected chi connectivity index (χ1v) is 7.48. The lowest BCUT2D eigenvalue weighted by Crippen LogP contribution is -2.06. The van der Waals surface area contributed by atoms with Gasteiger partial charge in [-0.25, -0.2) is 15.0 Å². The highest BCUT2D eigenvalue weighted by molar-refractivity contribution is 5.86. The lowest BCUT2D eigenvalue weighted by atomic mass is 10.0. The molecule has 0 aliphatic carbocycles. The summed E-state index contributed by atoms with van der Waals surface area (Å²) in [5.74, 6) is 1.40. The van der Waals surface area contributed by atoms with Crippen LogP contribution in [0.1, 0.15) is 42.4 Å². The van der Waals surface area contributed by atoms with Crippen LogP contribution in [0.3, 0.4) is 0 Å². The van der Waals surface area contributed by atoms with Crippen LogP contribution in [0.4, 0.5) is 5.82 Å². The Morgan fingerprint density at radius 2 is 2.13 bits per heavy atom. The minimum Gasteiger partial charge on any atom is -0.383 e. The molecule has 2 N–H and O–H groups in total. The maximum Gasteiger partial charge on any atom is 0.145 e. The summed E-state index contributed by atoms with van der Waals surface area (Å²) in [5.41, 5.74) is 9.10. The number of aromatic nitrogens is 4. The highest BCUT2D eigenvalue weighted by Crippen LogP contribution is 2.28. The van der Waals surface area contributed by atoms with Crippen LogP contribution in [-0.4, -0.2) is 19.5 Å². The van der Waals surface area contributed by atoms with Crippen molar-refractivity contribution in [3.63, 3.8) is 0 Å². The molecule has 23 heavy (non-hydrogen) atoms. The second-order valence-corrected chi connectivity index (χ2v) is 5.84. The fourth-order valence-electron chi connectivity index (χ4n) is 2.72. The number of nitrogen functional groups attached to an aromatic ring is 1. The molecule has 0 amide bonds. The largest absolute Gasteiger partial charge is 0.383 e. The Kier molecular flexibility index (Phi) is 3.70. The van der Waals surface area contributed by atoms with Crippen molar-refractivity contribution in [2.75, 3.05) is 5.73 Å². The van der Waals surface area contributed by atoms with Crippen molar-refractivity contribution in [1.82, 2.24) is 19.5 Å². The predicted molar refractivity (Wildman–Crippen MR) is 88.8 cm³/mol. The first-order chi connectivity index (χ1) is 11.0. The summed E-state index contributed by atoms with van der Waals surface area (Å²) in [4.78, 5) is 13.2. The zero-order valence-corrected chi connectivity index (χ0v) is 13.4. The lowest BCUT2D eigenvalue weighted by Gasteiger charge is -2.10. The van der Waals surface area contributed by atoms with Gasteiger partial charge in [-0.15, -0.1) is 0 Å². The molecule has 0 fully saturated rings. The van der Waals surface area contributed by atoms with Gasteiger partial charge in [0.25, 0.3) is 0 Å². The average Bonchev–Trinajstić information content (AvgIpc) is 2.86. The fourth-order valence-corrected chi connectivity index (χ4v) is 2.72. The Balaban J connectivity index is 2.23.